The lowest BCUT2D eigenvalue weighted by molar-refractivity contribution is -0.143. The summed E-state index contributed by atoms with van der Waals surface area (Å²) in [6, 6.07) is 14.8. The van der Waals surface area contributed by atoms with Crippen LogP contribution in [-0.4, -0.2) is 66.2 Å². The number of ether oxygens (including phenoxy) is 1. The van der Waals surface area contributed by atoms with Crippen LogP contribution in [0.4, 0.5) is 4.79 Å². The smallest absolute Gasteiger partial charge is 0.407 e. The van der Waals surface area contributed by atoms with Crippen molar-refractivity contribution in [3.8, 4) is 11.1 Å². The van der Waals surface area contributed by atoms with Gasteiger partial charge in [-0.05, 0) is 48.9 Å². The largest absolute Gasteiger partial charge is 0.481 e. The van der Waals surface area contributed by atoms with Crippen molar-refractivity contribution in [3.05, 3.63) is 59.7 Å². The second-order valence-corrected chi connectivity index (χ2v) is 11.3. The zero-order valence-electron chi connectivity index (χ0n) is 24.2. The second kappa shape index (κ2) is 13.0. The fourth-order valence-corrected chi connectivity index (χ4v) is 5.03. The van der Waals surface area contributed by atoms with Crippen molar-refractivity contribution in [3.63, 3.8) is 0 Å². The van der Waals surface area contributed by atoms with Crippen LogP contribution in [0.5, 0.6) is 0 Å². The molecule has 0 saturated heterocycles. The number of nitrogens with one attached hydrogen (secondary N) is 2. The number of nitrogens with zero attached hydrogens (tertiary/aromatic N) is 1. The van der Waals surface area contributed by atoms with Crippen molar-refractivity contribution in [1.82, 2.24) is 15.5 Å². The number of carbonyl (C=O) groups is 4. The average Bonchev–Trinajstić information content (AvgIpc) is 3.25. The summed E-state index contributed by atoms with van der Waals surface area (Å²) in [5, 5.41) is 14.6. The van der Waals surface area contributed by atoms with Gasteiger partial charge in [-0.15, -0.1) is 0 Å². The van der Waals surface area contributed by atoms with E-state index in [1.54, 1.807) is 27.8 Å². The van der Waals surface area contributed by atoms with Crippen molar-refractivity contribution in [2.45, 2.75) is 65.5 Å². The van der Waals surface area contributed by atoms with E-state index >= 15 is 0 Å². The van der Waals surface area contributed by atoms with Crippen LogP contribution in [0.25, 0.3) is 11.1 Å². The van der Waals surface area contributed by atoms with Crippen LogP contribution in [0, 0.1) is 11.3 Å². The normalized spacial score (nSPS) is 14.8. The van der Waals surface area contributed by atoms with E-state index in [0.29, 0.717) is 6.42 Å². The van der Waals surface area contributed by atoms with Gasteiger partial charge in [0.05, 0.1) is 11.8 Å². The van der Waals surface area contributed by atoms with Gasteiger partial charge >= 0.3 is 12.1 Å². The minimum absolute atomic E-state index is 0.0219. The molecule has 0 heterocycles. The summed E-state index contributed by atoms with van der Waals surface area (Å²) in [7, 11) is 1.56. The van der Waals surface area contributed by atoms with E-state index < -0.39 is 35.5 Å². The Morgan fingerprint density at radius 1 is 1.00 bits per heavy atom. The van der Waals surface area contributed by atoms with E-state index in [4.69, 9.17) is 9.84 Å². The monoisotopic (exact) mass is 551 g/mol. The summed E-state index contributed by atoms with van der Waals surface area (Å²) in [6.07, 6.45) is -0.218. The number of alkyl carbamates (subject to hydrolysis) is 1. The Morgan fingerprint density at radius 2 is 1.55 bits per heavy atom. The molecule has 0 spiro atoms. The Morgan fingerprint density at radius 3 is 2.08 bits per heavy atom. The molecule has 0 saturated carbocycles. The van der Waals surface area contributed by atoms with E-state index in [1.165, 1.54) is 4.90 Å². The Labute approximate surface area is 236 Å². The van der Waals surface area contributed by atoms with Gasteiger partial charge < -0.3 is 25.4 Å². The standard InChI is InChI=1S/C31H41N3O6/c1-7-19(2)27(28(37)32-18-31(4,5)29(38)34(6)20(3)16-26(35)36)33-30(39)40-17-25-23-14-10-8-12-21(23)22-13-9-11-15-24(22)25/h8-15,19-20,25,27H,7,16-18H2,1-6H3,(H,32,37)(H,33,39)(H,35,36)/t19-,20+,27-/m0/s1. The number of fused-ring (bicyclic) bond motifs is 3. The Bertz CT molecular complexity index is 1200. The van der Waals surface area contributed by atoms with Crippen molar-refractivity contribution in [2.24, 2.45) is 11.3 Å². The molecule has 3 atom stereocenters. The molecule has 1 aliphatic rings. The quantitative estimate of drug-likeness (QED) is 0.359. The zero-order valence-corrected chi connectivity index (χ0v) is 24.2. The second-order valence-electron chi connectivity index (χ2n) is 11.3. The van der Waals surface area contributed by atoms with Gasteiger partial charge in [-0.25, -0.2) is 4.79 Å². The molecule has 0 fully saturated rings. The van der Waals surface area contributed by atoms with E-state index in [-0.39, 0.29) is 37.3 Å². The van der Waals surface area contributed by atoms with Gasteiger partial charge in [-0.2, -0.15) is 0 Å². The fraction of sp³-hybridized carbons (Fsp3) is 0.484. The highest BCUT2D eigenvalue weighted by molar-refractivity contribution is 5.88. The van der Waals surface area contributed by atoms with E-state index in [2.05, 4.69) is 22.8 Å². The molecule has 9 heteroatoms. The SMILES string of the molecule is CC[C@H](C)[C@H](NC(=O)OCC1c2ccccc2-c2ccccc21)C(=O)NCC(C)(C)C(=O)N(C)[C@H](C)CC(=O)O. The number of carboxylic acids is 1. The Kier molecular flexibility index (Phi) is 9.95. The molecule has 40 heavy (non-hydrogen) atoms. The van der Waals surface area contributed by atoms with Crippen LogP contribution >= 0.6 is 0 Å². The molecule has 0 radical (unpaired) electrons. The Hall–Kier alpha value is -3.88. The van der Waals surface area contributed by atoms with Gasteiger partial charge in [-0.3, -0.25) is 14.4 Å². The molecule has 9 nitrogen and oxygen atoms in total. The fourth-order valence-electron chi connectivity index (χ4n) is 5.03. The highest BCUT2D eigenvalue weighted by Gasteiger charge is 2.35. The van der Waals surface area contributed by atoms with Gasteiger partial charge in [0, 0.05) is 25.6 Å². The van der Waals surface area contributed by atoms with Crippen LogP contribution < -0.4 is 10.6 Å². The first-order chi connectivity index (χ1) is 18.9. The zero-order chi connectivity index (χ0) is 29.6. The van der Waals surface area contributed by atoms with Crippen LogP contribution in [0.1, 0.15) is 64.5 Å². The van der Waals surface area contributed by atoms with Crippen LogP contribution in [0.3, 0.4) is 0 Å². The number of aliphatic carboxylic acids is 1. The summed E-state index contributed by atoms with van der Waals surface area (Å²) < 4.78 is 5.65. The first-order valence-corrected chi connectivity index (χ1v) is 13.8. The van der Waals surface area contributed by atoms with Gasteiger partial charge in [0.25, 0.3) is 0 Å². The first kappa shape index (κ1) is 30.7. The third-order valence-corrected chi connectivity index (χ3v) is 7.85. The summed E-state index contributed by atoms with van der Waals surface area (Å²) in [5.74, 6) is -1.97. The lowest BCUT2D eigenvalue weighted by Gasteiger charge is -2.33. The maximum Gasteiger partial charge on any atom is 0.407 e. The maximum absolute atomic E-state index is 13.2. The van der Waals surface area contributed by atoms with Gasteiger partial charge in [0.2, 0.25) is 11.8 Å². The number of hydrogen-bond acceptors (Lipinski definition) is 5. The topological polar surface area (TPSA) is 125 Å². The molecule has 216 valence electrons. The van der Waals surface area contributed by atoms with E-state index in [1.807, 2.05) is 50.2 Å². The molecule has 0 bridgehead atoms. The summed E-state index contributed by atoms with van der Waals surface area (Å²) in [6.45, 7) is 9.00. The summed E-state index contributed by atoms with van der Waals surface area (Å²) >= 11 is 0. The first-order valence-electron chi connectivity index (χ1n) is 13.8. The van der Waals surface area contributed by atoms with Crippen LogP contribution in [0.15, 0.2) is 48.5 Å². The maximum atomic E-state index is 13.2. The van der Waals surface area contributed by atoms with Crippen molar-refractivity contribution in [1.29, 1.82) is 0 Å². The highest BCUT2D eigenvalue weighted by Crippen LogP contribution is 2.44. The third kappa shape index (κ3) is 7.00. The van der Waals surface area contributed by atoms with Crippen LogP contribution in [0.2, 0.25) is 0 Å². The highest BCUT2D eigenvalue weighted by atomic mass is 16.5. The predicted molar refractivity (Wildman–Crippen MR) is 153 cm³/mol. The summed E-state index contributed by atoms with van der Waals surface area (Å²) in [5.41, 5.74) is 3.47. The molecule has 3 rings (SSSR count). The van der Waals surface area contributed by atoms with E-state index in [0.717, 1.165) is 22.3 Å². The number of hydrogen-bond donors (Lipinski definition) is 3. The number of carbonyl (C=O) groups excluding carboxylic acids is 3. The molecule has 3 N–H and O–H groups in total. The minimum Gasteiger partial charge on any atom is -0.481 e. The minimum atomic E-state index is -0.992. The summed E-state index contributed by atoms with van der Waals surface area (Å²) in [4.78, 5) is 51.6. The molecule has 0 aromatic heterocycles. The van der Waals surface area contributed by atoms with Crippen molar-refractivity contribution >= 4 is 23.9 Å². The predicted octanol–water partition coefficient (Wildman–Crippen LogP) is 4.40. The molecule has 0 unspecified atom stereocenters. The van der Waals surface area contributed by atoms with Crippen LogP contribution in [-0.2, 0) is 19.1 Å². The molecular weight excluding hydrogens is 510 g/mol. The molecular formula is C31H41N3O6. The number of carboxylic acid groups (broad SMARTS) is 1. The van der Waals surface area contributed by atoms with Gasteiger partial charge in [-0.1, -0.05) is 68.8 Å². The molecule has 2 aromatic rings. The third-order valence-electron chi connectivity index (χ3n) is 7.85. The lowest BCUT2D eigenvalue weighted by atomic mass is 9.90. The molecule has 2 aromatic carbocycles. The molecule has 1 aliphatic carbocycles. The van der Waals surface area contributed by atoms with Gasteiger partial charge in [0.15, 0.2) is 0 Å². The number of rotatable bonds is 12. The number of amides is 3. The lowest BCUT2D eigenvalue weighted by Crippen LogP contribution is -2.54. The van der Waals surface area contributed by atoms with Crippen molar-refractivity contribution < 1.29 is 29.0 Å². The van der Waals surface area contributed by atoms with Crippen molar-refractivity contribution in [2.75, 3.05) is 20.2 Å². The van der Waals surface area contributed by atoms with Gasteiger partial charge in [0.1, 0.15) is 12.6 Å². The molecule has 3 amide bonds. The molecule has 0 aliphatic heterocycles. The number of benzene rings is 2. The Balaban J connectivity index is 1.62. The average molecular weight is 552 g/mol. The van der Waals surface area contributed by atoms with E-state index in [9.17, 15) is 19.2 Å².